The maximum Gasteiger partial charge on any atom is 0.129 e. The lowest BCUT2D eigenvalue weighted by molar-refractivity contribution is 0.219. The van der Waals surface area contributed by atoms with Crippen molar-refractivity contribution in [3.63, 3.8) is 0 Å². The third-order valence-electron chi connectivity index (χ3n) is 1.27. The van der Waals surface area contributed by atoms with Crippen molar-refractivity contribution in [1.82, 2.24) is 0 Å². The Balaban J connectivity index is 3.94. The molecule has 0 aromatic rings. The molecule has 0 fully saturated rings. The fraction of sp³-hybridized carbons (Fsp3) is 0.600. The molecule has 1 nitrogen and oxygen atoms in total. The normalized spacial score (nSPS) is 14.1. The molecule has 0 bridgehead atoms. The smallest absolute Gasteiger partial charge is 0.129 e. The van der Waals surface area contributed by atoms with E-state index in [1.165, 1.54) is 0 Å². The molecule has 0 saturated carbocycles. The summed E-state index contributed by atoms with van der Waals surface area (Å²) in [4.78, 5) is 0. The van der Waals surface area contributed by atoms with Crippen LogP contribution < -0.4 is 0 Å². The summed E-state index contributed by atoms with van der Waals surface area (Å²) in [6, 6.07) is 0. The minimum atomic E-state index is -1.23. The van der Waals surface area contributed by atoms with Gasteiger partial charge in [0.15, 0.2) is 0 Å². The van der Waals surface area contributed by atoms with Crippen molar-refractivity contribution < 1.29 is 5.11 Å². The highest BCUT2D eigenvalue weighted by atomic mass is 28.3. The van der Waals surface area contributed by atoms with Gasteiger partial charge in [0, 0.05) is 0 Å². The maximum atomic E-state index is 9.14. The third kappa shape index (κ3) is 7.58. The van der Waals surface area contributed by atoms with E-state index >= 15 is 0 Å². The van der Waals surface area contributed by atoms with Gasteiger partial charge >= 0.3 is 0 Å². The summed E-state index contributed by atoms with van der Waals surface area (Å²) in [7, 11) is -1.23. The van der Waals surface area contributed by atoms with Crippen LogP contribution in [0.25, 0.3) is 0 Å². The Morgan fingerprint density at radius 3 is 2.42 bits per heavy atom. The highest BCUT2D eigenvalue weighted by molar-refractivity contribution is 6.83. The van der Waals surface area contributed by atoms with Gasteiger partial charge in [0.25, 0.3) is 0 Å². The molecule has 0 spiro atoms. The second-order valence-electron chi connectivity index (χ2n) is 3.85. The van der Waals surface area contributed by atoms with Crippen molar-refractivity contribution in [1.29, 1.82) is 0 Å². The monoisotopic (exact) mass is 182 g/mol. The van der Waals surface area contributed by atoms with Gasteiger partial charge in [-0.1, -0.05) is 32.5 Å². The van der Waals surface area contributed by atoms with Crippen LogP contribution in [0.1, 0.15) is 13.3 Å². The molecule has 0 rings (SSSR count). The van der Waals surface area contributed by atoms with Crippen molar-refractivity contribution >= 4 is 8.07 Å². The summed E-state index contributed by atoms with van der Waals surface area (Å²) in [6.07, 6.45) is 3.92. The molecule has 0 radical (unpaired) electrons. The Kier molecular flexibility index (Phi) is 4.95. The topological polar surface area (TPSA) is 20.2 Å². The second-order valence-corrected chi connectivity index (χ2v) is 8.60. The second kappa shape index (κ2) is 5.18. The number of aliphatic hydroxyl groups is 1. The van der Waals surface area contributed by atoms with Gasteiger partial charge in [-0.3, -0.25) is 0 Å². The highest BCUT2D eigenvalue weighted by Gasteiger charge is 2.06. The molecule has 2 heteroatoms. The van der Waals surface area contributed by atoms with Crippen LogP contribution in [0.4, 0.5) is 0 Å². The number of hydrogen-bond acceptors (Lipinski definition) is 1. The predicted molar refractivity (Wildman–Crippen MR) is 56.6 cm³/mol. The quantitative estimate of drug-likeness (QED) is 0.513. The standard InChI is InChI=1S/C10H18OSi/c1-5-10(11)8-6-7-9-12(2,3)4/h6,8,10-11H,5H2,1-4H3/b8-6+. The minimum absolute atomic E-state index is 0.332. The Hall–Kier alpha value is -0.523. The zero-order chi connectivity index (χ0) is 9.61. The molecule has 0 heterocycles. The number of allylic oxidation sites excluding steroid dienone is 1. The molecular weight excluding hydrogens is 164 g/mol. The van der Waals surface area contributed by atoms with E-state index in [-0.39, 0.29) is 6.10 Å². The van der Waals surface area contributed by atoms with Crippen LogP contribution in [0.15, 0.2) is 12.2 Å². The molecule has 12 heavy (non-hydrogen) atoms. The fourth-order valence-corrected chi connectivity index (χ4v) is 1.07. The number of rotatable bonds is 2. The van der Waals surface area contributed by atoms with Crippen LogP contribution >= 0.6 is 0 Å². The lowest BCUT2D eigenvalue weighted by Crippen LogP contribution is -2.16. The fourth-order valence-electron chi connectivity index (χ4n) is 0.553. The maximum absolute atomic E-state index is 9.14. The van der Waals surface area contributed by atoms with Crippen molar-refractivity contribution in [2.45, 2.75) is 39.1 Å². The predicted octanol–water partition coefficient (Wildman–Crippen LogP) is 2.19. The van der Waals surface area contributed by atoms with Gasteiger partial charge in [0.05, 0.1) is 6.10 Å². The number of hydrogen-bond donors (Lipinski definition) is 1. The largest absolute Gasteiger partial charge is 0.389 e. The Morgan fingerprint density at radius 1 is 1.42 bits per heavy atom. The summed E-state index contributed by atoms with van der Waals surface area (Å²) in [5, 5.41) is 9.14. The lowest BCUT2D eigenvalue weighted by atomic mass is 10.2. The van der Waals surface area contributed by atoms with Crippen LogP contribution in [-0.2, 0) is 0 Å². The van der Waals surface area contributed by atoms with E-state index in [0.29, 0.717) is 0 Å². The van der Waals surface area contributed by atoms with Gasteiger partial charge in [0.2, 0.25) is 0 Å². The summed E-state index contributed by atoms with van der Waals surface area (Å²) in [5.74, 6) is 2.96. The molecule has 0 aliphatic heterocycles. The molecule has 0 aromatic carbocycles. The van der Waals surface area contributed by atoms with E-state index in [0.717, 1.165) is 6.42 Å². The molecule has 1 N–H and O–H groups in total. The minimum Gasteiger partial charge on any atom is -0.389 e. The van der Waals surface area contributed by atoms with Crippen LogP contribution in [0.5, 0.6) is 0 Å². The Bertz CT molecular complexity index is 202. The summed E-state index contributed by atoms with van der Waals surface area (Å²) in [6.45, 7) is 8.54. The zero-order valence-corrected chi connectivity index (χ0v) is 9.39. The van der Waals surface area contributed by atoms with Gasteiger partial charge in [-0.2, -0.15) is 0 Å². The van der Waals surface area contributed by atoms with Crippen molar-refractivity contribution in [2.24, 2.45) is 0 Å². The molecule has 68 valence electrons. The highest BCUT2D eigenvalue weighted by Crippen LogP contribution is 1.96. The summed E-state index contributed by atoms with van der Waals surface area (Å²) >= 11 is 0. The van der Waals surface area contributed by atoms with Crippen LogP contribution in [0, 0.1) is 11.5 Å². The SMILES string of the molecule is CCC(O)/C=C/C#C[Si](C)(C)C. The molecule has 0 aliphatic carbocycles. The van der Waals surface area contributed by atoms with Crippen LogP contribution in [-0.4, -0.2) is 19.3 Å². The van der Waals surface area contributed by atoms with Crippen LogP contribution in [0.2, 0.25) is 19.6 Å². The first-order valence-electron chi connectivity index (χ1n) is 4.33. The van der Waals surface area contributed by atoms with Gasteiger partial charge in [-0.05, 0) is 18.6 Å². The van der Waals surface area contributed by atoms with Crippen LogP contribution in [0.3, 0.4) is 0 Å². The van der Waals surface area contributed by atoms with Gasteiger partial charge in [0.1, 0.15) is 8.07 Å². The van der Waals surface area contributed by atoms with Crippen molar-refractivity contribution in [2.75, 3.05) is 0 Å². The third-order valence-corrected chi connectivity index (χ3v) is 2.16. The molecule has 1 atom stereocenters. The van der Waals surface area contributed by atoms with E-state index in [1.54, 1.807) is 12.2 Å². The average molecular weight is 182 g/mol. The average Bonchev–Trinajstić information content (AvgIpc) is 1.96. The first-order valence-corrected chi connectivity index (χ1v) is 7.83. The summed E-state index contributed by atoms with van der Waals surface area (Å²) < 4.78 is 0. The Morgan fingerprint density at radius 2 is 2.00 bits per heavy atom. The molecule has 0 aromatic heterocycles. The van der Waals surface area contributed by atoms with E-state index in [2.05, 4.69) is 31.1 Å². The summed E-state index contributed by atoms with van der Waals surface area (Å²) in [5.41, 5.74) is 3.19. The first-order chi connectivity index (χ1) is 5.45. The van der Waals surface area contributed by atoms with Gasteiger partial charge in [-0.25, -0.2) is 0 Å². The van der Waals surface area contributed by atoms with Crippen molar-refractivity contribution in [3.8, 4) is 11.5 Å². The van der Waals surface area contributed by atoms with Crippen molar-refractivity contribution in [3.05, 3.63) is 12.2 Å². The van der Waals surface area contributed by atoms with E-state index in [1.807, 2.05) is 6.92 Å². The first kappa shape index (κ1) is 11.5. The molecule has 0 saturated heterocycles. The zero-order valence-electron chi connectivity index (χ0n) is 8.39. The molecule has 0 aliphatic rings. The van der Waals surface area contributed by atoms with E-state index in [9.17, 15) is 0 Å². The van der Waals surface area contributed by atoms with Gasteiger partial charge < -0.3 is 5.11 Å². The molecule has 0 amide bonds. The molecular formula is C10H18OSi. The molecule has 1 unspecified atom stereocenters. The van der Waals surface area contributed by atoms with E-state index in [4.69, 9.17) is 5.11 Å². The number of aliphatic hydroxyl groups excluding tert-OH is 1. The van der Waals surface area contributed by atoms with Gasteiger partial charge in [-0.15, -0.1) is 5.54 Å². The Labute approximate surface area is 76.5 Å². The lowest BCUT2D eigenvalue weighted by Gasteiger charge is -2.02. The van der Waals surface area contributed by atoms with E-state index < -0.39 is 8.07 Å².